The minimum absolute atomic E-state index is 0.344. The van der Waals surface area contributed by atoms with Crippen molar-refractivity contribution < 1.29 is 4.79 Å². The van der Waals surface area contributed by atoms with Gasteiger partial charge in [-0.2, -0.15) is 5.10 Å². The fourth-order valence-electron chi connectivity index (χ4n) is 2.22. The van der Waals surface area contributed by atoms with Crippen molar-refractivity contribution in [1.29, 1.82) is 0 Å². The number of fused-ring (bicyclic) bond motifs is 1. The highest BCUT2D eigenvalue weighted by molar-refractivity contribution is 9.10. The molecular formula is C16H12BrClN4O. The van der Waals surface area contributed by atoms with E-state index in [-0.39, 0.29) is 5.91 Å². The first kappa shape index (κ1) is 15.7. The van der Waals surface area contributed by atoms with Crippen LogP contribution < -0.4 is 5.43 Å². The topological polar surface area (TPSA) is 58.8 Å². The average Bonchev–Trinajstić information content (AvgIpc) is 2.82. The summed E-state index contributed by atoms with van der Waals surface area (Å²) in [4.78, 5) is 16.7. The van der Waals surface area contributed by atoms with Crippen LogP contribution in [0, 0.1) is 6.92 Å². The number of carbonyl (C=O) groups is 1. The van der Waals surface area contributed by atoms with Crippen molar-refractivity contribution in [3.05, 3.63) is 69.0 Å². The van der Waals surface area contributed by atoms with Crippen LogP contribution in [0.4, 0.5) is 0 Å². The van der Waals surface area contributed by atoms with Gasteiger partial charge in [0.25, 0.3) is 5.91 Å². The summed E-state index contributed by atoms with van der Waals surface area (Å²) in [6.07, 6.45) is 3.23. The van der Waals surface area contributed by atoms with Crippen LogP contribution in [0.25, 0.3) is 5.65 Å². The predicted molar refractivity (Wildman–Crippen MR) is 94.1 cm³/mol. The quantitative estimate of drug-likeness (QED) is 0.545. The Bertz CT molecular complexity index is 920. The molecule has 0 fully saturated rings. The van der Waals surface area contributed by atoms with E-state index >= 15 is 0 Å². The maximum absolute atomic E-state index is 12.4. The molecule has 1 amide bonds. The molecule has 0 atom stereocenters. The van der Waals surface area contributed by atoms with Crippen LogP contribution in [0.5, 0.6) is 0 Å². The van der Waals surface area contributed by atoms with Crippen molar-refractivity contribution in [3.8, 4) is 0 Å². The minimum Gasteiger partial charge on any atom is -0.294 e. The second-order valence-electron chi connectivity index (χ2n) is 4.88. The Balaban J connectivity index is 1.84. The van der Waals surface area contributed by atoms with E-state index in [1.54, 1.807) is 35.9 Å². The van der Waals surface area contributed by atoms with Crippen LogP contribution in [0.15, 0.2) is 52.2 Å². The van der Waals surface area contributed by atoms with Gasteiger partial charge in [0, 0.05) is 10.7 Å². The highest BCUT2D eigenvalue weighted by Gasteiger charge is 2.16. The number of pyridine rings is 1. The first-order valence-corrected chi connectivity index (χ1v) is 7.95. The van der Waals surface area contributed by atoms with Crippen LogP contribution in [-0.4, -0.2) is 21.5 Å². The van der Waals surface area contributed by atoms with Gasteiger partial charge in [-0.1, -0.05) is 39.7 Å². The Hall–Kier alpha value is -2.18. The number of aryl methyl sites for hydroxylation is 1. The van der Waals surface area contributed by atoms with Crippen molar-refractivity contribution in [1.82, 2.24) is 14.8 Å². The first-order chi connectivity index (χ1) is 11.0. The van der Waals surface area contributed by atoms with E-state index in [0.717, 1.165) is 10.0 Å². The summed E-state index contributed by atoms with van der Waals surface area (Å²) >= 11 is 9.37. The zero-order valence-corrected chi connectivity index (χ0v) is 14.5. The summed E-state index contributed by atoms with van der Waals surface area (Å²) in [5, 5.41) is 4.52. The fraction of sp³-hybridized carbons (Fsp3) is 0.0625. The molecule has 0 saturated carbocycles. The lowest BCUT2D eigenvalue weighted by Gasteiger charge is -2.02. The van der Waals surface area contributed by atoms with Gasteiger partial charge in [-0.15, -0.1) is 0 Å². The van der Waals surface area contributed by atoms with Gasteiger partial charge in [0.05, 0.1) is 16.9 Å². The van der Waals surface area contributed by atoms with Gasteiger partial charge in [-0.3, -0.25) is 9.20 Å². The summed E-state index contributed by atoms with van der Waals surface area (Å²) < 4.78 is 2.60. The van der Waals surface area contributed by atoms with E-state index < -0.39 is 0 Å². The number of carbonyl (C=O) groups excluding carboxylic acids is 1. The Morgan fingerprint density at radius 2 is 2.22 bits per heavy atom. The monoisotopic (exact) mass is 390 g/mol. The third-order valence-corrected chi connectivity index (χ3v) is 3.92. The number of nitrogens with one attached hydrogen (secondary N) is 1. The highest BCUT2D eigenvalue weighted by Crippen LogP contribution is 2.16. The number of hydrogen-bond donors (Lipinski definition) is 1. The van der Waals surface area contributed by atoms with Gasteiger partial charge < -0.3 is 0 Å². The second-order valence-corrected chi connectivity index (χ2v) is 6.23. The molecule has 116 valence electrons. The first-order valence-electron chi connectivity index (χ1n) is 6.78. The third kappa shape index (κ3) is 3.43. The normalized spacial score (nSPS) is 11.3. The number of aromatic nitrogens is 2. The fourth-order valence-corrected chi connectivity index (χ4v) is 2.79. The van der Waals surface area contributed by atoms with Crippen LogP contribution in [0.1, 0.15) is 21.7 Å². The number of benzene rings is 1. The molecule has 0 aliphatic carbocycles. The number of nitrogens with zero attached hydrogens (tertiary/aromatic N) is 3. The number of rotatable bonds is 3. The van der Waals surface area contributed by atoms with Crippen molar-refractivity contribution >= 4 is 45.3 Å². The zero-order chi connectivity index (χ0) is 16.4. The number of amides is 1. The number of imidazole rings is 1. The molecule has 5 nitrogen and oxygen atoms in total. The number of hydrogen-bond acceptors (Lipinski definition) is 3. The molecule has 23 heavy (non-hydrogen) atoms. The van der Waals surface area contributed by atoms with E-state index in [9.17, 15) is 4.79 Å². The Morgan fingerprint density at radius 3 is 3.00 bits per heavy atom. The van der Waals surface area contributed by atoms with E-state index in [1.165, 1.54) is 0 Å². The zero-order valence-electron chi connectivity index (χ0n) is 12.1. The number of halogens is 2. The molecule has 0 saturated heterocycles. The Morgan fingerprint density at radius 1 is 1.39 bits per heavy atom. The van der Waals surface area contributed by atoms with Crippen LogP contribution >= 0.6 is 27.5 Å². The predicted octanol–water partition coefficient (Wildman–Crippen LogP) is 3.82. The standard InChI is InChI=1S/C16H12BrClN4O/c1-10-15(22-9-13(18)5-6-14(22)20-10)16(23)21-19-8-11-3-2-4-12(17)7-11/h2-9H,1H3,(H,21,23)/b19-8-. The molecule has 3 rings (SSSR count). The maximum atomic E-state index is 12.4. The molecule has 7 heteroatoms. The summed E-state index contributed by atoms with van der Waals surface area (Å²) in [5.74, 6) is -0.344. The van der Waals surface area contributed by atoms with E-state index in [2.05, 4.69) is 31.4 Å². The third-order valence-electron chi connectivity index (χ3n) is 3.20. The highest BCUT2D eigenvalue weighted by atomic mass is 79.9. The molecule has 1 aromatic carbocycles. The van der Waals surface area contributed by atoms with Gasteiger partial charge in [0.15, 0.2) is 0 Å². The van der Waals surface area contributed by atoms with Crippen molar-refractivity contribution in [2.24, 2.45) is 5.10 Å². The van der Waals surface area contributed by atoms with Crippen molar-refractivity contribution in [2.45, 2.75) is 6.92 Å². The lowest BCUT2D eigenvalue weighted by molar-refractivity contribution is 0.0948. The molecule has 2 aromatic heterocycles. The Kier molecular flexibility index (Phi) is 4.45. The molecule has 1 N–H and O–H groups in total. The smallest absolute Gasteiger partial charge is 0.290 e. The van der Waals surface area contributed by atoms with Gasteiger partial charge in [0.1, 0.15) is 11.3 Å². The van der Waals surface area contributed by atoms with Gasteiger partial charge in [-0.25, -0.2) is 10.4 Å². The summed E-state index contributed by atoms with van der Waals surface area (Å²) in [7, 11) is 0. The SMILES string of the molecule is Cc1nc2ccc(Cl)cn2c1C(=O)N/N=C\c1cccc(Br)c1. The van der Waals surface area contributed by atoms with E-state index in [4.69, 9.17) is 11.6 Å². The molecular weight excluding hydrogens is 380 g/mol. The summed E-state index contributed by atoms with van der Waals surface area (Å²) in [6, 6.07) is 11.1. The van der Waals surface area contributed by atoms with Gasteiger partial charge in [0.2, 0.25) is 0 Å². The van der Waals surface area contributed by atoms with Gasteiger partial charge in [-0.05, 0) is 36.8 Å². The average molecular weight is 392 g/mol. The van der Waals surface area contributed by atoms with E-state index in [0.29, 0.717) is 22.1 Å². The van der Waals surface area contributed by atoms with Gasteiger partial charge >= 0.3 is 0 Å². The lowest BCUT2D eigenvalue weighted by atomic mass is 10.2. The van der Waals surface area contributed by atoms with E-state index in [1.807, 2.05) is 24.3 Å². The maximum Gasteiger partial charge on any atom is 0.290 e. The van der Waals surface area contributed by atoms with Crippen molar-refractivity contribution in [2.75, 3.05) is 0 Å². The molecule has 0 radical (unpaired) electrons. The summed E-state index contributed by atoms with van der Waals surface area (Å²) in [5.41, 5.74) is 5.07. The van der Waals surface area contributed by atoms with Crippen LogP contribution in [-0.2, 0) is 0 Å². The van der Waals surface area contributed by atoms with Crippen LogP contribution in [0.3, 0.4) is 0 Å². The molecule has 0 bridgehead atoms. The number of hydrazone groups is 1. The molecule has 2 heterocycles. The lowest BCUT2D eigenvalue weighted by Crippen LogP contribution is -2.20. The van der Waals surface area contributed by atoms with Crippen LogP contribution in [0.2, 0.25) is 5.02 Å². The minimum atomic E-state index is -0.344. The largest absolute Gasteiger partial charge is 0.294 e. The molecule has 0 spiro atoms. The molecule has 0 unspecified atom stereocenters. The molecule has 0 aliphatic rings. The Labute approximate surface area is 146 Å². The summed E-state index contributed by atoms with van der Waals surface area (Å²) in [6.45, 7) is 1.77. The molecule has 3 aromatic rings. The second kappa shape index (κ2) is 6.52. The molecule has 0 aliphatic heterocycles. The van der Waals surface area contributed by atoms with Crippen molar-refractivity contribution in [3.63, 3.8) is 0 Å².